The molecule has 3 heterocycles. The van der Waals surface area contributed by atoms with Crippen molar-refractivity contribution in [3.05, 3.63) is 58.8 Å². The molecule has 0 aliphatic carbocycles. The smallest absolute Gasteiger partial charge is 0.126 e. The third-order valence-corrected chi connectivity index (χ3v) is 4.70. The Bertz CT molecular complexity index is 912. The van der Waals surface area contributed by atoms with Crippen molar-refractivity contribution >= 4 is 38.2 Å². The molecule has 3 aromatic heterocycles. The lowest BCUT2D eigenvalue weighted by Gasteiger charge is -1.96. The molecule has 0 spiro atoms. The van der Waals surface area contributed by atoms with Crippen LogP contribution in [-0.2, 0) is 0 Å². The van der Waals surface area contributed by atoms with Crippen LogP contribution in [0.1, 0.15) is 0 Å². The molecule has 0 saturated heterocycles. The molecule has 3 nitrogen and oxygen atoms in total. The predicted molar refractivity (Wildman–Crippen MR) is 90.3 cm³/mol. The molecule has 5 heteroatoms. The Morgan fingerprint density at radius 3 is 3.00 bits per heavy atom. The van der Waals surface area contributed by atoms with Gasteiger partial charge in [-0.15, -0.1) is 11.3 Å². The average molecular weight is 356 g/mol. The third-order valence-electron chi connectivity index (χ3n) is 3.34. The fourth-order valence-corrected chi connectivity index (χ4v) is 3.53. The van der Waals surface area contributed by atoms with Crippen molar-refractivity contribution in [1.29, 1.82) is 0 Å². The van der Waals surface area contributed by atoms with Crippen molar-refractivity contribution in [2.24, 2.45) is 0 Å². The molecule has 4 aromatic rings. The zero-order valence-corrected chi connectivity index (χ0v) is 13.3. The number of hydrogen-bond donors (Lipinski definition) is 1. The third kappa shape index (κ3) is 2.28. The Balaban J connectivity index is 1.83. The molecule has 21 heavy (non-hydrogen) atoms. The summed E-state index contributed by atoms with van der Waals surface area (Å²) in [5, 5.41) is 4.26. The molecule has 0 radical (unpaired) electrons. The Labute approximate surface area is 133 Å². The lowest BCUT2D eigenvalue weighted by molar-refractivity contribution is 1.31. The van der Waals surface area contributed by atoms with E-state index in [2.05, 4.69) is 43.4 Å². The maximum absolute atomic E-state index is 4.75. The molecule has 0 saturated carbocycles. The maximum Gasteiger partial charge on any atom is 0.126 e. The number of nitrogens with zero attached hydrogens (tertiary/aromatic N) is 2. The van der Waals surface area contributed by atoms with E-state index >= 15 is 0 Å². The summed E-state index contributed by atoms with van der Waals surface area (Å²) in [5.74, 6) is 0. The molecule has 0 unspecified atom stereocenters. The minimum Gasteiger partial charge on any atom is -0.360 e. The summed E-state index contributed by atoms with van der Waals surface area (Å²) >= 11 is 5.18. The van der Waals surface area contributed by atoms with Crippen LogP contribution in [0.2, 0.25) is 0 Å². The van der Waals surface area contributed by atoms with Crippen LogP contribution in [0.5, 0.6) is 0 Å². The van der Waals surface area contributed by atoms with E-state index < -0.39 is 0 Å². The van der Waals surface area contributed by atoms with Crippen LogP contribution in [0, 0.1) is 0 Å². The minimum absolute atomic E-state index is 0.965. The molecule has 0 atom stereocenters. The van der Waals surface area contributed by atoms with E-state index in [1.807, 2.05) is 30.6 Å². The number of nitrogens with one attached hydrogen (secondary N) is 1. The zero-order valence-electron chi connectivity index (χ0n) is 10.9. The fraction of sp³-hybridized carbons (Fsp3) is 0. The van der Waals surface area contributed by atoms with E-state index in [9.17, 15) is 0 Å². The van der Waals surface area contributed by atoms with Gasteiger partial charge >= 0.3 is 0 Å². The Hall–Kier alpha value is -1.98. The van der Waals surface area contributed by atoms with Gasteiger partial charge < -0.3 is 4.98 Å². The molecule has 4 rings (SSSR count). The molecule has 0 amide bonds. The summed E-state index contributed by atoms with van der Waals surface area (Å²) in [4.78, 5) is 12.2. The van der Waals surface area contributed by atoms with E-state index in [0.717, 1.165) is 31.8 Å². The molecular formula is C16H10BrN3S. The predicted octanol–water partition coefficient (Wildman–Crippen LogP) is 5.12. The number of hydrogen-bond acceptors (Lipinski definition) is 3. The van der Waals surface area contributed by atoms with Crippen molar-refractivity contribution in [2.75, 3.05) is 0 Å². The Morgan fingerprint density at radius 2 is 2.14 bits per heavy atom. The van der Waals surface area contributed by atoms with Gasteiger partial charge in [-0.05, 0) is 30.3 Å². The number of aromatic amines is 1. The largest absolute Gasteiger partial charge is 0.360 e. The lowest BCUT2D eigenvalue weighted by atomic mass is 10.2. The van der Waals surface area contributed by atoms with E-state index in [-0.39, 0.29) is 0 Å². The molecule has 102 valence electrons. The summed E-state index contributed by atoms with van der Waals surface area (Å²) in [6, 6.07) is 10.2. The number of pyridine rings is 1. The van der Waals surface area contributed by atoms with Crippen LogP contribution >= 0.6 is 27.3 Å². The van der Waals surface area contributed by atoms with Crippen LogP contribution < -0.4 is 0 Å². The summed E-state index contributed by atoms with van der Waals surface area (Å²) in [6.07, 6.45) is 5.63. The van der Waals surface area contributed by atoms with Crippen LogP contribution in [0.25, 0.3) is 32.7 Å². The quantitative estimate of drug-likeness (QED) is 0.542. The Kier molecular flexibility index (Phi) is 3.09. The van der Waals surface area contributed by atoms with E-state index in [1.165, 1.54) is 5.39 Å². The topological polar surface area (TPSA) is 41.6 Å². The SMILES string of the molecule is Brc1ccc2[nH]cc(-c3nc(-c4cccnc4)cs3)c2c1. The van der Waals surface area contributed by atoms with Gasteiger partial charge in [0.25, 0.3) is 0 Å². The fourth-order valence-electron chi connectivity index (χ4n) is 2.31. The van der Waals surface area contributed by atoms with Crippen LogP contribution in [0.15, 0.2) is 58.8 Å². The number of thiazole rings is 1. The Morgan fingerprint density at radius 1 is 1.19 bits per heavy atom. The summed E-state index contributed by atoms with van der Waals surface area (Å²) in [7, 11) is 0. The van der Waals surface area contributed by atoms with Gasteiger partial charge in [-0.25, -0.2) is 4.98 Å². The van der Waals surface area contributed by atoms with Gasteiger partial charge in [0.15, 0.2) is 0 Å². The van der Waals surface area contributed by atoms with Crippen molar-refractivity contribution in [3.63, 3.8) is 0 Å². The molecule has 0 aliphatic rings. The summed E-state index contributed by atoms with van der Waals surface area (Å²) in [5.41, 5.74) is 4.26. The molecule has 1 N–H and O–H groups in total. The van der Waals surface area contributed by atoms with Gasteiger partial charge in [0.05, 0.1) is 5.69 Å². The number of aromatic nitrogens is 3. The second-order valence-electron chi connectivity index (χ2n) is 4.67. The highest BCUT2D eigenvalue weighted by Gasteiger charge is 2.11. The number of benzene rings is 1. The van der Waals surface area contributed by atoms with Gasteiger partial charge in [-0.1, -0.05) is 15.9 Å². The highest BCUT2D eigenvalue weighted by molar-refractivity contribution is 9.10. The number of fused-ring (bicyclic) bond motifs is 1. The molecule has 1 aromatic carbocycles. The first-order valence-electron chi connectivity index (χ1n) is 6.44. The van der Waals surface area contributed by atoms with Gasteiger partial charge in [-0.2, -0.15) is 0 Å². The van der Waals surface area contributed by atoms with Gasteiger partial charge in [-0.3, -0.25) is 4.98 Å². The van der Waals surface area contributed by atoms with Crippen LogP contribution in [0.3, 0.4) is 0 Å². The molecule has 0 fully saturated rings. The van der Waals surface area contributed by atoms with Gasteiger partial charge in [0, 0.05) is 50.5 Å². The highest BCUT2D eigenvalue weighted by atomic mass is 79.9. The van der Waals surface area contributed by atoms with Gasteiger partial charge in [0.2, 0.25) is 0 Å². The van der Waals surface area contributed by atoms with Gasteiger partial charge in [0.1, 0.15) is 5.01 Å². The minimum atomic E-state index is 0.965. The molecular weight excluding hydrogens is 346 g/mol. The standard InChI is InChI=1S/C16H10BrN3S/c17-11-3-4-14-12(6-11)13(8-19-14)16-20-15(9-21-16)10-2-1-5-18-7-10/h1-9,19H. The van der Waals surface area contributed by atoms with Crippen molar-refractivity contribution in [3.8, 4) is 21.8 Å². The van der Waals surface area contributed by atoms with E-state index in [4.69, 9.17) is 4.98 Å². The van der Waals surface area contributed by atoms with Crippen LogP contribution in [-0.4, -0.2) is 15.0 Å². The van der Waals surface area contributed by atoms with Crippen LogP contribution in [0.4, 0.5) is 0 Å². The summed E-state index contributed by atoms with van der Waals surface area (Å²) < 4.78 is 1.07. The monoisotopic (exact) mass is 355 g/mol. The first-order valence-corrected chi connectivity index (χ1v) is 8.11. The second-order valence-corrected chi connectivity index (χ2v) is 6.45. The van der Waals surface area contributed by atoms with Crippen molar-refractivity contribution in [1.82, 2.24) is 15.0 Å². The van der Waals surface area contributed by atoms with E-state index in [1.54, 1.807) is 17.5 Å². The lowest BCUT2D eigenvalue weighted by Crippen LogP contribution is -1.80. The molecule has 0 bridgehead atoms. The van der Waals surface area contributed by atoms with Crippen molar-refractivity contribution < 1.29 is 0 Å². The normalized spacial score (nSPS) is 11.1. The second kappa shape index (κ2) is 5.09. The molecule has 0 aliphatic heterocycles. The first-order chi connectivity index (χ1) is 10.3. The maximum atomic E-state index is 4.75. The van der Waals surface area contributed by atoms with Crippen molar-refractivity contribution in [2.45, 2.75) is 0 Å². The summed E-state index contributed by atoms with van der Waals surface area (Å²) in [6.45, 7) is 0. The highest BCUT2D eigenvalue weighted by Crippen LogP contribution is 2.34. The number of H-pyrrole nitrogens is 1. The zero-order chi connectivity index (χ0) is 14.2. The van der Waals surface area contributed by atoms with E-state index in [0.29, 0.717) is 0 Å². The first kappa shape index (κ1) is 12.7. The average Bonchev–Trinajstić information content (AvgIpc) is 3.14. The number of halogens is 1. The number of rotatable bonds is 2.